The molecule has 0 heterocycles. The molecule has 0 aliphatic rings. The van der Waals surface area contributed by atoms with Crippen molar-refractivity contribution in [3.63, 3.8) is 0 Å². The number of ether oxygens (including phenoxy) is 1. The monoisotopic (exact) mass is 249 g/mol. The topological polar surface area (TPSA) is 38.3 Å². The van der Waals surface area contributed by atoms with Crippen LogP contribution in [0.5, 0.6) is 0 Å². The van der Waals surface area contributed by atoms with Gasteiger partial charge >= 0.3 is 6.09 Å². The summed E-state index contributed by atoms with van der Waals surface area (Å²) in [7, 11) is 0. The van der Waals surface area contributed by atoms with Crippen molar-refractivity contribution in [2.45, 2.75) is 20.0 Å². The van der Waals surface area contributed by atoms with E-state index < -0.39 is 17.7 Å². The molecule has 0 atom stereocenters. The van der Waals surface area contributed by atoms with Crippen LogP contribution in [0.1, 0.15) is 13.8 Å². The number of carbonyl (C=O) groups excluding carboxylic acids is 1. The minimum absolute atomic E-state index is 0.224. The van der Waals surface area contributed by atoms with Crippen molar-refractivity contribution in [2.75, 3.05) is 5.32 Å². The van der Waals surface area contributed by atoms with E-state index in [9.17, 15) is 13.6 Å². The molecule has 0 saturated heterocycles. The van der Waals surface area contributed by atoms with E-state index in [0.29, 0.717) is 6.07 Å². The van der Waals surface area contributed by atoms with E-state index in [1.807, 2.05) is 0 Å². The first-order valence-electron chi connectivity index (χ1n) is 4.52. The number of nitrogens with one attached hydrogen (secondary N) is 1. The van der Waals surface area contributed by atoms with Crippen LogP contribution in [0.4, 0.5) is 19.3 Å². The quantitative estimate of drug-likeness (QED) is 0.870. The fourth-order valence-electron chi connectivity index (χ4n) is 1.01. The van der Waals surface area contributed by atoms with E-state index >= 15 is 0 Å². The molecule has 0 spiro atoms. The lowest BCUT2D eigenvalue weighted by Gasteiger charge is -2.11. The molecule has 1 rings (SSSR count). The van der Waals surface area contributed by atoms with Gasteiger partial charge in [0.05, 0.1) is 16.8 Å². The Kier molecular flexibility index (Phi) is 4.06. The summed E-state index contributed by atoms with van der Waals surface area (Å²) in [5.41, 5.74) is -0.297. The summed E-state index contributed by atoms with van der Waals surface area (Å²) in [6.07, 6.45) is -1.19. The van der Waals surface area contributed by atoms with Gasteiger partial charge in [-0.1, -0.05) is 11.6 Å². The van der Waals surface area contributed by atoms with Crippen molar-refractivity contribution in [2.24, 2.45) is 0 Å². The van der Waals surface area contributed by atoms with E-state index in [2.05, 4.69) is 5.32 Å². The minimum Gasteiger partial charge on any atom is -0.447 e. The van der Waals surface area contributed by atoms with E-state index in [-0.39, 0.29) is 16.8 Å². The number of benzene rings is 1. The molecule has 1 aromatic carbocycles. The van der Waals surface area contributed by atoms with Crippen LogP contribution in [0.25, 0.3) is 0 Å². The van der Waals surface area contributed by atoms with Gasteiger partial charge in [-0.15, -0.1) is 0 Å². The first-order valence-corrected chi connectivity index (χ1v) is 4.90. The summed E-state index contributed by atoms with van der Waals surface area (Å²) in [6.45, 7) is 3.28. The number of hydrogen-bond donors (Lipinski definition) is 1. The molecule has 0 fully saturated rings. The van der Waals surface area contributed by atoms with Gasteiger partial charge in [-0.3, -0.25) is 5.32 Å². The Bertz CT molecular complexity index is 387. The Labute approximate surface area is 96.4 Å². The largest absolute Gasteiger partial charge is 0.447 e. The van der Waals surface area contributed by atoms with Crippen LogP contribution in [-0.2, 0) is 4.74 Å². The molecule has 0 aliphatic heterocycles. The maximum atomic E-state index is 13.2. The van der Waals surface area contributed by atoms with Crippen molar-refractivity contribution in [3.8, 4) is 0 Å². The Balaban J connectivity index is 2.85. The van der Waals surface area contributed by atoms with Crippen LogP contribution < -0.4 is 5.32 Å². The highest BCUT2D eigenvalue weighted by molar-refractivity contribution is 6.33. The second kappa shape index (κ2) is 5.12. The van der Waals surface area contributed by atoms with Crippen molar-refractivity contribution < 1.29 is 18.3 Å². The van der Waals surface area contributed by atoms with Gasteiger partial charge in [0, 0.05) is 6.07 Å². The number of amides is 1. The average Bonchev–Trinajstić information content (AvgIpc) is 2.09. The highest BCUT2D eigenvalue weighted by Crippen LogP contribution is 2.26. The van der Waals surface area contributed by atoms with Crippen LogP contribution in [0.3, 0.4) is 0 Å². The molecule has 0 unspecified atom stereocenters. The molecule has 1 amide bonds. The molecule has 0 aromatic heterocycles. The van der Waals surface area contributed by atoms with Crippen molar-refractivity contribution in [3.05, 3.63) is 28.8 Å². The van der Waals surface area contributed by atoms with Gasteiger partial charge in [-0.05, 0) is 19.9 Å². The van der Waals surface area contributed by atoms with E-state index in [1.165, 1.54) is 0 Å². The summed E-state index contributed by atoms with van der Waals surface area (Å²) in [5.74, 6) is -1.77. The fourth-order valence-corrected chi connectivity index (χ4v) is 1.25. The zero-order chi connectivity index (χ0) is 12.3. The number of anilines is 1. The highest BCUT2D eigenvalue weighted by atomic mass is 35.5. The molecule has 0 radical (unpaired) electrons. The van der Waals surface area contributed by atoms with E-state index in [1.54, 1.807) is 13.8 Å². The highest BCUT2D eigenvalue weighted by Gasteiger charge is 2.14. The lowest BCUT2D eigenvalue weighted by molar-refractivity contribution is 0.130. The fraction of sp³-hybridized carbons (Fsp3) is 0.300. The van der Waals surface area contributed by atoms with Gasteiger partial charge in [-0.25, -0.2) is 13.6 Å². The predicted octanol–water partition coefficient (Wildman–Crippen LogP) is 3.58. The zero-order valence-electron chi connectivity index (χ0n) is 8.68. The Morgan fingerprint density at radius 1 is 1.44 bits per heavy atom. The lowest BCUT2D eigenvalue weighted by atomic mass is 10.3. The predicted molar refractivity (Wildman–Crippen MR) is 56.6 cm³/mol. The van der Waals surface area contributed by atoms with E-state index in [0.717, 1.165) is 6.07 Å². The third-order valence-corrected chi connectivity index (χ3v) is 1.87. The Morgan fingerprint density at radius 3 is 2.56 bits per heavy atom. The van der Waals surface area contributed by atoms with Gasteiger partial charge in [0.1, 0.15) is 5.82 Å². The molecular weight excluding hydrogens is 240 g/mol. The maximum absolute atomic E-state index is 13.2. The van der Waals surface area contributed by atoms with Crippen LogP contribution in [0.2, 0.25) is 5.02 Å². The first kappa shape index (κ1) is 12.7. The molecule has 6 heteroatoms. The summed E-state index contributed by atoms with van der Waals surface area (Å²) in [4.78, 5) is 11.2. The van der Waals surface area contributed by atoms with Crippen LogP contribution in [0.15, 0.2) is 12.1 Å². The van der Waals surface area contributed by atoms with Gasteiger partial charge in [0.2, 0.25) is 0 Å². The lowest BCUT2D eigenvalue weighted by Crippen LogP contribution is -2.19. The maximum Gasteiger partial charge on any atom is 0.412 e. The molecule has 0 bridgehead atoms. The summed E-state index contributed by atoms with van der Waals surface area (Å²) in [5, 5.41) is 1.88. The van der Waals surface area contributed by atoms with Gasteiger partial charge in [-0.2, -0.15) is 0 Å². The zero-order valence-corrected chi connectivity index (χ0v) is 9.44. The molecular formula is C10H10ClF2NO2. The standard InChI is InChI=1S/C10H10ClF2NO2/c1-5(2)16-10(15)14-9-7(11)3-6(12)4-8(9)13/h3-5H,1-2H3,(H,14,15). The molecule has 1 N–H and O–H groups in total. The number of hydrogen-bond acceptors (Lipinski definition) is 2. The average molecular weight is 250 g/mol. The minimum atomic E-state index is -0.953. The van der Waals surface area contributed by atoms with Crippen LogP contribution in [-0.4, -0.2) is 12.2 Å². The SMILES string of the molecule is CC(C)OC(=O)Nc1c(F)cc(F)cc1Cl. The number of carbonyl (C=O) groups is 1. The van der Waals surface area contributed by atoms with Gasteiger partial charge < -0.3 is 4.74 Å². The number of halogens is 3. The molecule has 1 aromatic rings. The summed E-state index contributed by atoms with van der Waals surface area (Å²) in [6, 6.07) is 1.52. The van der Waals surface area contributed by atoms with Gasteiger partial charge in [0.25, 0.3) is 0 Å². The molecule has 3 nitrogen and oxygen atoms in total. The van der Waals surface area contributed by atoms with Crippen molar-refractivity contribution in [1.29, 1.82) is 0 Å². The third kappa shape index (κ3) is 3.34. The van der Waals surface area contributed by atoms with Crippen molar-refractivity contribution >= 4 is 23.4 Å². The second-order valence-electron chi connectivity index (χ2n) is 3.32. The first-order chi connectivity index (χ1) is 7.40. The molecule has 88 valence electrons. The molecule has 16 heavy (non-hydrogen) atoms. The van der Waals surface area contributed by atoms with Crippen LogP contribution in [0, 0.1) is 11.6 Å². The summed E-state index contributed by atoms with van der Waals surface area (Å²) < 4.78 is 30.6. The van der Waals surface area contributed by atoms with Gasteiger partial charge in [0.15, 0.2) is 5.82 Å². The van der Waals surface area contributed by atoms with Crippen LogP contribution >= 0.6 is 11.6 Å². The van der Waals surface area contributed by atoms with E-state index in [4.69, 9.17) is 16.3 Å². The smallest absolute Gasteiger partial charge is 0.412 e. The Hall–Kier alpha value is -1.36. The second-order valence-corrected chi connectivity index (χ2v) is 3.73. The molecule has 0 aliphatic carbocycles. The number of rotatable bonds is 2. The summed E-state index contributed by atoms with van der Waals surface area (Å²) >= 11 is 5.57. The molecule has 0 saturated carbocycles. The normalized spacial score (nSPS) is 10.4. The third-order valence-electron chi connectivity index (χ3n) is 1.58. The Morgan fingerprint density at radius 2 is 2.06 bits per heavy atom. The van der Waals surface area contributed by atoms with Crippen molar-refractivity contribution in [1.82, 2.24) is 0 Å².